The molecule has 7 heteroatoms. The van der Waals surface area contributed by atoms with Gasteiger partial charge in [-0.25, -0.2) is 0 Å². The van der Waals surface area contributed by atoms with Gasteiger partial charge in [-0.05, 0) is 62.2 Å². The molecule has 1 aromatic carbocycles. The maximum Gasteiger partial charge on any atom is 0.306 e. The number of hydrogen-bond acceptors (Lipinski definition) is 6. The minimum Gasteiger partial charge on any atom is -0.493 e. The van der Waals surface area contributed by atoms with E-state index in [9.17, 15) is 9.90 Å². The van der Waals surface area contributed by atoms with Gasteiger partial charge in [0.25, 0.3) is 0 Å². The molecule has 3 rings (SSSR count). The third-order valence-corrected chi connectivity index (χ3v) is 5.46. The van der Waals surface area contributed by atoms with E-state index in [1.807, 2.05) is 37.4 Å². The van der Waals surface area contributed by atoms with Crippen LogP contribution in [-0.4, -0.2) is 55.4 Å². The van der Waals surface area contributed by atoms with Crippen LogP contribution in [0.3, 0.4) is 0 Å². The van der Waals surface area contributed by atoms with Crippen molar-refractivity contribution in [2.75, 3.05) is 34.4 Å². The molecule has 1 atom stereocenters. The van der Waals surface area contributed by atoms with E-state index in [0.29, 0.717) is 43.2 Å². The fraction of sp³-hybridized carbons (Fsp3) is 0.455. The van der Waals surface area contributed by atoms with E-state index < -0.39 is 5.97 Å². The maximum absolute atomic E-state index is 11.4. The fourth-order valence-corrected chi connectivity index (χ4v) is 3.87. The summed E-state index contributed by atoms with van der Waals surface area (Å²) in [5.74, 6) is 0.693. The van der Waals surface area contributed by atoms with Crippen molar-refractivity contribution in [1.82, 2.24) is 9.88 Å². The predicted molar refractivity (Wildman–Crippen MR) is 109 cm³/mol. The van der Waals surface area contributed by atoms with E-state index in [1.54, 1.807) is 21.3 Å². The number of piperidine rings is 1. The van der Waals surface area contributed by atoms with E-state index in [2.05, 4.69) is 9.88 Å². The van der Waals surface area contributed by atoms with E-state index in [1.165, 1.54) is 0 Å². The molecule has 0 spiro atoms. The number of aromatic nitrogens is 1. The van der Waals surface area contributed by atoms with Crippen LogP contribution in [0.2, 0.25) is 0 Å². The van der Waals surface area contributed by atoms with Gasteiger partial charge in [0, 0.05) is 6.20 Å². The lowest BCUT2D eigenvalue weighted by molar-refractivity contribution is -0.143. The van der Waals surface area contributed by atoms with Crippen molar-refractivity contribution in [2.45, 2.75) is 25.8 Å². The van der Waals surface area contributed by atoms with Crippen LogP contribution in [0, 0.1) is 12.8 Å². The molecule has 1 unspecified atom stereocenters. The Hall–Kier alpha value is -2.80. The van der Waals surface area contributed by atoms with E-state index in [4.69, 9.17) is 14.2 Å². The highest BCUT2D eigenvalue weighted by molar-refractivity contribution is 5.70. The van der Waals surface area contributed by atoms with Crippen molar-refractivity contribution in [3.05, 3.63) is 47.3 Å². The topological polar surface area (TPSA) is 81.1 Å². The number of ether oxygens (including phenoxy) is 3. The van der Waals surface area contributed by atoms with Crippen molar-refractivity contribution in [2.24, 2.45) is 5.92 Å². The van der Waals surface area contributed by atoms with Crippen LogP contribution in [0.1, 0.15) is 35.7 Å². The summed E-state index contributed by atoms with van der Waals surface area (Å²) >= 11 is 0. The van der Waals surface area contributed by atoms with Crippen LogP contribution in [-0.2, 0) is 4.79 Å². The number of rotatable bonds is 7. The molecular weight excluding hydrogens is 372 g/mol. The van der Waals surface area contributed by atoms with Gasteiger partial charge in [-0.2, -0.15) is 0 Å². The number of aliphatic carboxylic acids is 1. The Balaban J connectivity index is 2.04. The highest BCUT2D eigenvalue weighted by Crippen LogP contribution is 2.42. The molecule has 1 aliphatic heterocycles. The first-order chi connectivity index (χ1) is 14.0. The normalized spacial score (nSPS) is 16.3. The Morgan fingerprint density at radius 3 is 2.17 bits per heavy atom. The number of carboxylic acids is 1. The third-order valence-electron chi connectivity index (χ3n) is 5.46. The van der Waals surface area contributed by atoms with Crippen molar-refractivity contribution in [3.8, 4) is 17.2 Å². The number of carboxylic acid groups (broad SMARTS) is 1. The number of carbonyl (C=O) groups is 1. The molecule has 1 aromatic heterocycles. The quantitative estimate of drug-likeness (QED) is 0.764. The summed E-state index contributed by atoms with van der Waals surface area (Å²) in [7, 11) is 4.77. The first-order valence-electron chi connectivity index (χ1n) is 9.67. The van der Waals surface area contributed by atoms with Gasteiger partial charge in [-0.15, -0.1) is 0 Å². The number of benzene rings is 1. The van der Waals surface area contributed by atoms with Gasteiger partial charge >= 0.3 is 5.97 Å². The Kier molecular flexibility index (Phi) is 6.59. The number of aryl methyl sites for hydroxylation is 1. The third kappa shape index (κ3) is 4.45. The lowest BCUT2D eigenvalue weighted by Gasteiger charge is -2.36. The molecule has 7 nitrogen and oxygen atoms in total. The van der Waals surface area contributed by atoms with E-state index in [0.717, 1.165) is 16.8 Å². The molecule has 1 saturated heterocycles. The number of pyridine rings is 1. The molecule has 0 amide bonds. The summed E-state index contributed by atoms with van der Waals surface area (Å²) in [6.45, 7) is 3.35. The molecule has 29 heavy (non-hydrogen) atoms. The molecule has 1 fully saturated rings. The molecule has 0 aliphatic carbocycles. The average molecular weight is 400 g/mol. The highest BCUT2D eigenvalue weighted by atomic mass is 16.5. The number of nitrogens with zero attached hydrogens (tertiary/aromatic N) is 2. The van der Waals surface area contributed by atoms with Crippen LogP contribution in [0.4, 0.5) is 0 Å². The number of hydrogen-bond donors (Lipinski definition) is 1. The first-order valence-corrected chi connectivity index (χ1v) is 9.67. The largest absolute Gasteiger partial charge is 0.493 e. The fourth-order valence-electron chi connectivity index (χ4n) is 3.87. The molecule has 0 radical (unpaired) electrons. The van der Waals surface area contributed by atoms with Crippen molar-refractivity contribution in [3.63, 3.8) is 0 Å². The van der Waals surface area contributed by atoms with Gasteiger partial charge in [0.15, 0.2) is 11.5 Å². The Bertz CT molecular complexity index is 820. The molecular formula is C22H28N2O5. The molecule has 1 N–H and O–H groups in total. The van der Waals surface area contributed by atoms with Crippen molar-refractivity contribution < 1.29 is 24.1 Å². The van der Waals surface area contributed by atoms with Gasteiger partial charge in [0.05, 0.1) is 39.0 Å². The summed E-state index contributed by atoms with van der Waals surface area (Å²) in [5.41, 5.74) is 2.95. The van der Waals surface area contributed by atoms with Gasteiger partial charge in [0.1, 0.15) is 0 Å². The average Bonchev–Trinajstić information content (AvgIpc) is 2.74. The van der Waals surface area contributed by atoms with E-state index >= 15 is 0 Å². The van der Waals surface area contributed by atoms with E-state index in [-0.39, 0.29) is 12.0 Å². The van der Waals surface area contributed by atoms with Crippen LogP contribution in [0.15, 0.2) is 30.5 Å². The second-order valence-corrected chi connectivity index (χ2v) is 7.27. The lowest BCUT2D eigenvalue weighted by atomic mass is 9.92. The van der Waals surface area contributed by atoms with Gasteiger partial charge in [0.2, 0.25) is 5.75 Å². The monoisotopic (exact) mass is 400 g/mol. The van der Waals surface area contributed by atoms with Gasteiger partial charge in [-0.1, -0.05) is 6.07 Å². The first kappa shape index (κ1) is 20.9. The zero-order valence-electron chi connectivity index (χ0n) is 17.3. The van der Waals surface area contributed by atoms with Crippen LogP contribution < -0.4 is 14.2 Å². The standard InChI is InChI=1S/C22H28N2O5/c1-14-5-6-17(23-13-14)20(24-9-7-15(8-10-24)22(25)26)16-11-18(27-2)21(29-4)19(12-16)28-3/h5-6,11-13,15,20H,7-10H2,1-4H3,(H,25,26). The van der Waals surface area contributed by atoms with Gasteiger partial charge in [-0.3, -0.25) is 14.7 Å². The minimum atomic E-state index is -0.720. The molecule has 0 saturated carbocycles. The Labute approximate surface area is 171 Å². The van der Waals surface area contributed by atoms with Crippen LogP contribution in [0.25, 0.3) is 0 Å². The summed E-state index contributed by atoms with van der Waals surface area (Å²) < 4.78 is 16.5. The molecule has 2 heterocycles. The Morgan fingerprint density at radius 1 is 1.10 bits per heavy atom. The number of methoxy groups -OCH3 is 3. The lowest BCUT2D eigenvalue weighted by Crippen LogP contribution is -2.39. The minimum absolute atomic E-state index is 0.140. The van der Waals surface area contributed by atoms with Crippen molar-refractivity contribution in [1.29, 1.82) is 0 Å². The summed E-state index contributed by atoms with van der Waals surface area (Å²) in [5, 5.41) is 9.34. The molecule has 1 aliphatic rings. The zero-order chi connectivity index (χ0) is 21.0. The molecule has 0 bridgehead atoms. The molecule has 2 aromatic rings. The van der Waals surface area contributed by atoms with Crippen LogP contribution in [0.5, 0.6) is 17.2 Å². The highest BCUT2D eigenvalue weighted by Gasteiger charge is 2.32. The summed E-state index contributed by atoms with van der Waals surface area (Å²) in [6, 6.07) is 7.80. The van der Waals surface area contributed by atoms with Crippen molar-refractivity contribution >= 4 is 5.97 Å². The smallest absolute Gasteiger partial charge is 0.306 e. The summed E-state index contributed by atoms with van der Waals surface area (Å²) in [6.07, 6.45) is 3.08. The second kappa shape index (κ2) is 9.13. The zero-order valence-corrected chi connectivity index (χ0v) is 17.3. The predicted octanol–water partition coefficient (Wildman–Crippen LogP) is 3.30. The Morgan fingerprint density at radius 2 is 1.72 bits per heavy atom. The SMILES string of the molecule is COc1cc(C(c2ccc(C)cn2)N2CCC(C(=O)O)CC2)cc(OC)c1OC. The number of likely N-dealkylation sites (tertiary alicyclic amines) is 1. The summed E-state index contributed by atoms with van der Waals surface area (Å²) in [4.78, 5) is 18.3. The maximum atomic E-state index is 11.4. The molecule has 156 valence electrons. The van der Waals surface area contributed by atoms with Crippen LogP contribution >= 0.6 is 0 Å². The van der Waals surface area contributed by atoms with Gasteiger partial charge < -0.3 is 19.3 Å². The second-order valence-electron chi connectivity index (χ2n) is 7.27.